The highest BCUT2D eigenvalue weighted by Crippen LogP contribution is 2.26. The van der Waals surface area contributed by atoms with Gasteiger partial charge in [0.25, 0.3) is 0 Å². The highest BCUT2D eigenvalue weighted by molar-refractivity contribution is 7.97. The zero-order chi connectivity index (χ0) is 12.2. The van der Waals surface area contributed by atoms with Crippen LogP contribution in [0.5, 0.6) is 0 Å². The third kappa shape index (κ3) is 4.19. The van der Waals surface area contributed by atoms with Crippen molar-refractivity contribution in [2.24, 2.45) is 0 Å². The summed E-state index contributed by atoms with van der Waals surface area (Å²) in [6.45, 7) is 1.48. The molecule has 0 radical (unpaired) electrons. The minimum atomic E-state index is -4.23. The molecule has 0 aromatic carbocycles. The minimum Gasteiger partial charge on any atom is -0.248 e. The summed E-state index contributed by atoms with van der Waals surface area (Å²) >= 11 is 6.45. The van der Waals surface area contributed by atoms with Gasteiger partial charge in [-0.1, -0.05) is 18.5 Å². The number of nitrogens with zero attached hydrogens (tertiary/aromatic N) is 1. The SMILES string of the molecule is CCC(NSc1ccc(Cl)nc1)C(F)(F)F. The van der Waals surface area contributed by atoms with Crippen LogP contribution < -0.4 is 4.72 Å². The Kier molecular flexibility index (Phi) is 4.89. The van der Waals surface area contributed by atoms with Crippen molar-refractivity contribution in [1.29, 1.82) is 0 Å². The molecule has 0 aliphatic rings. The molecule has 0 aliphatic carbocycles. The van der Waals surface area contributed by atoms with Gasteiger partial charge < -0.3 is 0 Å². The topological polar surface area (TPSA) is 24.9 Å². The molecule has 0 aliphatic heterocycles. The van der Waals surface area contributed by atoms with Gasteiger partial charge >= 0.3 is 6.18 Å². The Morgan fingerprint density at radius 1 is 1.50 bits per heavy atom. The zero-order valence-corrected chi connectivity index (χ0v) is 9.96. The van der Waals surface area contributed by atoms with E-state index in [1.54, 1.807) is 6.07 Å². The number of hydrogen-bond donors (Lipinski definition) is 1. The van der Waals surface area contributed by atoms with Gasteiger partial charge in [0.05, 0.1) is 0 Å². The second-order valence-electron chi connectivity index (χ2n) is 3.04. The smallest absolute Gasteiger partial charge is 0.248 e. The van der Waals surface area contributed by atoms with Crippen LogP contribution in [0.2, 0.25) is 5.15 Å². The minimum absolute atomic E-state index is 0.0164. The molecule has 16 heavy (non-hydrogen) atoms. The van der Waals surface area contributed by atoms with Crippen molar-refractivity contribution < 1.29 is 13.2 Å². The first-order valence-corrected chi connectivity index (χ1v) is 5.73. The van der Waals surface area contributed by atoms with Crippen molar-refractivity contribution in [2.45, 2.75) is 30.5 Å². The van der Waals surface area contributed by atoms with Crippen LogP contribution in [0.1, 0.15) is 13.3 Å². The molecule has 0 amide bonds. The maximum atomic E-state index is 12.4. The average molecular weight is 271 g/mol. The largest absolute Gasteiger partial charge is 0.404 e. The molecule has 7 heteroatoms. The van der Waals surface area contributed by atoms with Gasteiger partial charge in [0.1, 0.15) is 11.2 Å². The molecular formula is C9H10ClF3N2S. The Balaban J connectivity index is 2.53. The van der Waals surface area contributed by atoms with Crippen molar-refractivity contribution in [3.05, 3.63) is 23.5 Å². The fraction of sp³-hybridized carbons (Fsp3) is 0.444. The summed E-state index contributed by atoms with van der Waals surface area (Å²) < 4.78 is 39.5. The van der Waals surface area contributed by atoms with E-state index >= 15 is 0 Å². The monoisotopic (exact) mass is 270 g/mol. The van der Waals surface area contributed by atoms with Gasteiger partial charge in [0, 0.05) is 11.1 Å². The van der Waals surface area contributed by atoms with Gasteiger partial charge in [-0.05, 0) is 30.5 Å². The first-order valence-electron chi connectivity index (χ1n) is 4.54. The Morgan fingerprint density at radius 2 is 2.19 bits per heavy atom. The fourth-order valence-electron chi connectivity index (χ4n) is 0.943. The molecule has 0 fully saturated rings. The lowest BCUT2D eigenvalue weighted by molar-refractivity contribution is -0.151. The van der Waals surface area contributed by atoms with Crippen LogP contribution in [0.3, 0.4) is 0 Å². The van der Waals surface area contributed by atoms with Crippen LogP contribution in [0.15, 0.2) is 23.2 Å². The van der Waals surface area contributed by atoms with Gasteiger partial charge in [-0.25, -0.2) is 9.71 Å². The fourth-order valence-corrected chi connectivity index (χ4v) is 1.88. The summed E-state index contributed by atoms with van der Waals surface area (Å²) in [6, 6.07) is 1.61. The first kappa shape index (κ1) is 13.6. The highest BCUT2D eigenvalue weighted by atomic mass is 35.5. The molecule has 2 nitrogen and oxygen atoms in total. The van der Waals surface area contributed by atoms with E-state index in [2.05, 4.69) is 9.71 Å². The van der Waals surface area contributed by atoms with E-state index in [0.717, 1.165) is 11.9 Å². The van der Waals surface area contributed by atoms with Gasteiger partial charge in [0.15, 0.2) is 0 Å². The molecule has 1 unspecified atom stereocenters. The third-order valence-corrected chi connectivity index (χ3v) is 2.93. The standard InChI is InChI=1S/C9H10ClF3N2S/c1-2-7(9(11,12)13)15-16-6-3-4-8(10)14-5-6/h3-5,7,15H,2H2,1H3. The number of aromatic nitrogens is 1. The molecular weight excluding hydrogens is 261 g/mol. The maximum Gasteiger partial charge on any atom is 0.404 e. The van der Waals surface area contributed by atoms with E-state index in [4.69, 9.17) is 11.6 Å². The number of rotatable bonds is 4. The number of alkyl halides is 3. The van der Waals surface area contributed by atoms with Crippen molar-refractivity contribution in [3.63, 3.8) is 0 Å². The van der Waals surface area contributed by atoms with E-state index in [-0.39, 0.29) is 6.42 Å². The quantitative estimate of drug-likeness (QED) is 0.667. The molecule has 1 heterocycles. The van der Waals surface area contributed by atoms with E-state index in [1.807, 2.05) is 0 Å². The maximum absolute atomic E-state index is 12.4. The Bertz CT molecular complexity index is 329. The van der Waals surface area contributed by atoms with Gasteiger partial charge in [-0.2, -0.15) is 13.2 Å². The van der Waals surface area contributed by atoms with Gasteiger partial charge in [-0.15, -0.1) is 0 Å². The number of nitrogens with one attached hydrogen (secondary N) is 1. The van der Waals surface area contributed by atoms with E-state index in [9.17, 15) is 13.2 Å². The molecule has 1 atom stereocenters. The van der Waals surface area contributed by atoms with Gasteiger partial charge in [0.2, 0.25) is 0 Å². The normalized spacial score (nSPS) is 13.8. The van der Waals surface area contributed by atoms with E-state index in [1.165, 1.54) is 19.2 Å². The lowest BCUT2D eigenvalue weighted by atomic mass is 10.2. The number of pyridine rings is 1. The molecule has 1 rings (SSSR count). The van der Waals surface area contributed by atoms with Gasteiger partial charge in [-0.3, -0.25) is 0 Å². The highest BCUT2D eigenvalue weighted by Gasteiger charge is 2.38. The van der Waals surface area contributed by atoms with Crippen LogP contribution in [0.25, 0.3) is 0 Å². The molecule has 0 saturated carbocycles. The summed E-state index contributed by atoms with van der Waals surface area (Å²) in [5.41, 5.74) is 0. The molecule has 0 spiro atoms. The molecule has 1 N–H and O–H groups in total. The summed E-state index contributed by atoms with van der Waals surface area (Å²) in [7, 11) is 0. The molecule has 90 valence electrons. The summed E-state index contributed by atoms with van der Waals surface area (Å²) in [5, 5.41) is 0.312. The second kappa shape index (κ2) is 5.75. The molecule has 0 bridgehead atoms. The second-order valence-corrected chi connectivity index (χ2v) is 4.34. The number of halogens is 4. The van der Waals surface area contributed by atoms with Crippen molar-refractivity contribution in [2.75, 3.05) is 0 Å². The van der Waals surface area contributed by atoms with Crippen molar-refractivity contribution in [3.8, 4) is 0 Å². The molecule has 0 saturated heterocycles. The Labute approximate surface area is 101 Å². The summed E-state index contributed by atoms with van der Waals surface area (Å²) in [4.78, 5) is 4.36. The van der Waals surface area contributed by atoms with E-state index < -0.39 is 12.2 Å². The lowest BCUT2D eigenvalue weighted by Gasteiger charge is -2.19. The number of hydrogen-bond acceptors (Lipinski definition) is 3. The van der Waals surface area contributed by atoms with Crippen molar-refractivity contribution >= 4 is 23.5 Å². The Hall–Kier alpha value is -0.460. The predicted octanol–water partition coefficient (Wildman–Crippen LogP) is 3.67. The zero-order valence-electron chi connectivity index (χ0n) is 8.38. The molecule has 1 aromatic rings. The molecule has 1 aromatic heterocycles. The summed E-state index contributed by atoms with van der Waals surface area (Å²) in [6.07, 6.45) is -2.83. The first-order chi connectivity index (χ1) is 7.43. The van der Waals surface area contributed by atoms with Crippen molar-refractivity contribution in [1.82, 2.24) is 9.71 Å². The Morgan fingerprint density at radius 3 is 2.62 bits per heavy atom. The lowest BCUT2D eigenvalue weighted by Crippen LogP contribution is -2.37. The predicted molar refractivity (Wildman–Crippen MR) is 58.4 cm³/mol. The van der Waals surface area contributed by atoms with E-state index in [0.29, 0.717) is 10.0 Å². The van der Waals surface area contributed by atoms with Crippen LogP contribution in [0.4, 0.5) is 13.2 Å². The van der Waals surface area contributed by atoms with Crippen LogP contribution >= 0.6 is 23.5 Å². The average Bonchev–Trinajstić information content (AvgIpc) is 2.19. The van der Waals surface area contributed by atoms with Crippen LogP contribution in [0, 0.1) is 0 Å². The van der Waals surface area contributed by atoms with Crippen LogP contribution in [-0.4, -0.2) is 17.2 Å². The third-order valence-electron chi connectivity index (χ3n) is 1.82. The van der Waals surface area contributed by atoms with Crippen LogP contribution in [-0.2, 0) is 0 Å². The summed E-state index contributed by atoms with van der Waals surface area (Å²) in [5.74, 6) is 0.